The van der Waals surface area contributed by atoms with Crippen molar-refractivity contribution in [1.29, 1.82) is 0 Å². The maximum absolute atomic E-state index is 13.0. The van der Waals surface area contributed by atoms with Crippen LogP contribution in [0.3, 0.4) is 0 Å². The fourth-order valence-corrected chi connectivity index (χ4v) is 4.70. The van der Waals surface area contributed by atoms with Gasteiger partial charge >= 0.3 is 0 Å². The number of ether oxygens (including phenoxy) is 1. The van der Waals surface area contributed by atoms with Gasteiger partial charge in [-0.2, -0.15) is 0 Å². The lowest BCUT2D eigenvalue weighted by molar-refractivity contribution is 0.101. The number of aromatic hydroxyl groups is 1. The van der Waals surface area contributed by atoms with Crippen LogP contribution in [0.1, 0.15) is 34.0 Å². The van der Waals surface area contributed by atoms with E-state index >= 15 is 0 Å². The molecule has 0 spiro atoms. The van der Waals surface area contributed by atoms with E-state index < -0.39 is 0 Å². The van der Waals surface area contributed by atoms with Crippen LogP contribution in [0.5, 0.6) is 11.5 Å². The minimum absolute atomic E-state index is 0.150. The van der Waals surface area contributed by atoms with E-state index in [0.29, 0.717) is 23.4 Å². The third-order valence-electron chi connectivity index (χ3n) is 6.53. The van der Waals surface area contributed by atoms with Crippen molar-refractivity contribution >= 4 is 29.1 Å². The number of fused-ring (bicyclic) bond motifs is 1. The van der Waals surface area contributed by atoms with Gasteiger partial charge in [0.05, 0.1) is 11.1 Å². The molecule has 2 aliphatic rings. The van der Waals surface area contributed by atoms with Crippen LogP contribution in [0.25, 0.3) is 6.08 Å². The van der Waals surface area contributed by atoms with Crippen molar-refractivity contribution in [2.75, 3.05) is 31.1 Å². The molecule has 5 nitrogen and oxygen atoms in total. The van der Waals surface area contributed by atoms with E-state index in [2.05, 4.69) is 34.9 Å². The van der Waals surface area contributed by atoms with Crippen molar-refractivity contribution in [2.45, 2.75) is 19.9 Å². The second-order valence-electron chi connectivity index (χ2n) is 8.72. The number of rotatable bonds is 5. The number of allylic oxidation sites excluding steroid dienone is 1. The first kappa shape index (κ1) is 22.5. The highest BCUT2D eigenvalue weighted by Crippen LogP contribution is 2.40. The number of piperazine rings is 1. The predicted molar refractivity (Wildman–Crippen MR) is 136 cm³/mol. The highest BCUT2D eigenvalue weighted by molar-refractivity contribution is 6.30. The predicted octanol–water partition coefficient (Wildman–Crippen LogP) is 5.55. The molecule has 2 aliphatic heterocycles. The van der Waals surface area contributed by atoms with E-state index in [0.717, 1.165) is 48.9 Å². The van der Waals surface area contributed by atoms with E-state index in [1.165, 1.54) is 5.56 Å². The standard InChI is InChI=1S/C28H27ClN2O3/c1-2-19-6-8-20(9-7-19)16-26-27(33)23-10-11-25(32)24(28(23)34-26)18-30-12-14-31(15-13-30)22-5-3-4-21(29)17-22/h3-11,16-17,32H,2,12-15,18H2,1H3/b26-16+. The van der Waals surface area contributed by atoms with Crippen molar-refractivity contribution in [2.24, 2.45) is 0 Å². The molecule has 0 saturated carbocycles. The number of Topliss-reactive ketones (excluding diaryl/α,β-unsaturated/α-hetero) is 1. The molecule has 1 saturated heterocycles. The zero-order chi connectivity index (χ0) is 23.7. The number of carbonyl (C=O) groups is 1. The normalized spacial score (nSPS) is 17.2. The molecule has 0 unspecified atom stereocenters. The summed E-state index contributed by atoms with van der Waals surface area (Å²) in [6, 6.07) is 19.2. The molecule has 0 amide bonds. The largest absolute Gasteiger partial charge is 0.507 e. The summed E-state index contributed by atoms with van der Waals surface area (Å²) in [5.74, 6) is 0.759. The molecule has 34 heavy (non-hydrogen) atoms. The van der Waals surface area contributed by atoms with E-state index in [1.54, 1.807) is 18.2 Å². The van der Waals surface area contributed by atoms with Gasteiger partial charge in [-0.1, -0.05) is 48.9 Å². The molecule has 0 aliphatic carbocycles. The smallest absolute Gasteiger partial charge is 0.231 e. The number of phenols is 1. The molecule has 6 heteroatoms. The summed E-state index contributed by atoms with van der Waals surface area (Å²) in [4.78, 5) is 17.6. The molecule has 3 aromatic rings. The molecule has 1 N–H and O–H groups in total. The van der Waals surface area contributed by atoms with Crippen LogP contribution in [0.4, 0.5) is 5.69 Å². The number of carbonyl (C=O) groups excluding carboxylic acids is 1. The van der Waals surface area contributed by atoms with Gasteiger partial charge in [-0.05, 0) is 54.0 Å². The van der Waals surface area contributed by atoms with Crippen LogP contribution >= 0.6 is 11.6 Å². The van der Waals surface area contributed by atoms with Crippen molar-refractivity contribution in [3.05, 3.63) is 93.7 Å². The van der Waals surface area contributed by atoms with Gasteiger partial charge in [-0.3, -0.25) is 9.69 Å². The number of halogens is 1. The van der Waals surface area contributed by atoms with Crippen LogP contribution in [-0.4, -0.2) is 42.0 Å². The van der Waals surface area contributed by atoms with E-state index in [9.17, 15) is 9.90 Å². The average molecular weight is 475 g/mol. The third-order valence-corrected chi connectivity index (χ3v) is 6.76. The summed E-state index contributed by atoms with van der Waals surface area (Å²) in [5, 5.41) is 11.4. The number of anilines is 1. The van der Waals surface area contributed by atoms with Crippen LogP contribution < -0.4 is 9.64 Å². The lowest BCUT2D eigenvalue weighted by Crippen LogP contribution is -2.46. The van der Waals surface area contributed by atoms with Crippen LogP contribution in [0.15, 0.2) is 66.4 Å². The lowest BCUT2D eigenvalue weighted by atomic mass is 10.0. The number of nitrogens with zero attached hydrogens (tertiary/aromatic N) is 2. The summed E-state index contributed by atoms with van der Waals surface area (Å²) >= 11 is 6.15. The second-order valence-corrected chi connectivity index (χ2v) is 9.15. The van der Waals surface area contributed by atoms with Crippen molar-refractivity contribution in [3.63, 3.8) is 0 Å². The number of ketones is 1. The zero-order valence-electron chi connectivity index (χ0n) is 19.1. The minimum Gasteiger partial charge on any atom is -0.507 e. The number of phenolic OH excluding ortho intramolecular Hbond substituents is 1. The SMILES string of the molecule is CCc1ccc(/C=C2/Oc3c(ccc(O)c3CN3CCN(c4cccc(Cl)c4)CC3)C2=O)cc1. The Morgan fingerprint density at radius 1 is 1.03 bits per heavy atom. The Kier molecular flexibility index (Phi) is 6.31. The number of hydrogen-bond donors (Lipinski definition) is 1. The van der Waals surface area contributed by atoms with Gasteiger partial charge in [-0.15, -0.1) is 0 Å². The van der Waals surface area contributed by atoms with E-state index in [1.807, 2.05) is 30.3 Å². The number of benzene rings is 3. The zero-order valence-corrected chi connectivity index (χ0v) is 19.9. The Morgan fingerprint density at radius 3 is 2.50 bits per heavy atom. The molecule has 0 atom stereocenters. The molecule has 1 fully saturated rings. The minimum atomic E-state index is -0.151. The molecule has 0 radical (unpaired) electrons. The summed E-state index contributed by atoms with van der Waals surface area (Å²) in [6.45, 7) is 6.00. The van der Waals surface area contributed by atoms with E-state index in [-0.39, 0.29) is 17.3 Å². The molecular weight excluding hydrogens is 448 g/mol. The highest BCUT2D eigenvalue weighted by Gasteiger charge is 2.32. The second kappa shape index (κ2) is 9.53. The summed E-state index contributed by atoms with van der Waals surface area (Å²) in [5.41, 5.74) is 4.43. The molecule has 5 rings (SSSR count). The highest BCUT2D eigenvalue weighted by atomic mass is 35.5. The maximum atomic E-state index is 13.0. The first-order valence-electron chi connectivity index (χ1n) is 11.6. The van der Waals surface area contributed by atoms with Gasteiger partial charge in [0, 0.05) is 43.4 Å². The molecule has 0 bridgehead atoms. The third kappa shape index (κ3) is 4.54. The first-order valence-corrected chi connectivity index (χ1v) is 12.0. The number of hydrogen-bond acceptors (Lipinski definition) is 5. The summed E-state index contributed by atoms with van der Waals surface area (Å²) in [6.07, 6.45) is 2.74. The van der Waals surface area contributed by atoms with Gasteiger partial charge in [0.1, 0.15) is 11.5 Å². The maximum Gasteiger partial charge on any atom is 0.231 e. The molecule has 3 aromatic carbocycles. The van der Waals surface area contributed by atoms with Crippen LogP contribution in [-0.2, 0) is 13.0 Å². The molecular formula is C28H27ClN2O3. The first-order chi connectivity index (χ1) is 16.5. The molecule has 174 valence electrons. The topological polar surface area (TPSA) is 53.0 Å². The van der Waals surface area contributed by atoms with Gasteiger partial charge in [-0.25, -0.2) is 0 Å². The van der Waals surface area contributed by atoms with Gasteiger partial charge in [0.25, 0.3) is 0 Å². The van der Waals surface area contributed by atoms with Gasteiger partial charge < -0.3 is 14.7 Å². The fourth-order valence-electron chi connectivity index (χ4n) is 4.51. The monoisotopic (exact) mass is 474 g/mol. The Morgan fingerprint density at radius 2 is 1.79 bits per heavy atom. The Hall–Kier alpha value is -3.28. The summed E-state index contributed by atoms with van der Waals surface area (Å²) < 4.78 is 6.04. The molecule has 2 heterocycles. The summed E-state index contributed by atoms with van der Waals surface area (Å²) in [7, 11) is 0. The average Bonchev–Trinajstić information content (AvgIpc) is 3.17. The molecule has 0 aromatic heterocycles. The van der Waals surface area contributed by atoms with E-state index in [4.69, 9.17) is 16.3 Å². The number of aryl methyl sites for hydroxylation is 1. The van der Waals surface area contributed by atoms with Gasteiger partial charge in [0.15, 0.2) is 5.76 Å². The Bertz CT molecular complexity index is 1250. The van der Waals surface area contributed by atoms with Gasteiger partial charge in [0.2, 0.25) is 5.78 Å². The quantitative estimate of drug-likeness (QED) is 0.491. The van der Waals surface area contributed by atoms with Crippen LogP contribution in [0.2, 0.25) is 5.02 Å². The van der Waals surface area contributed by atoms with Crippen LogP contribution in [0, 0.1) is 0 Å². The Balaban J connectivity index is 1.31. The Labute approximate surface area is 204 Å². The van der Waals surface area contributed by atoms with Crippen molar-refractivity contribution in [1.82, 2.24) is 4.90 Å². The van der Waals surface area contributed by atoms with Crippen molar-refractivity contribution in [3.8, 4) is 11.5 Å². The fraction of sp³-hybridized carbons (Fsp3) is 0.250. The lowest BCUT2D eigenvalue weighted by Gasteiger charge is -2.36. The van der Waals surface area contributed by atoms with Crippen molar-refractivity contribution < 1.29 is 14.6 Å².